The highest BCUT2D eigenvalue weighted by atomic mass is 16.5. The fraction of sp³-hybridized carbons (Fsp3) is 0.167. The molecule has 0 atom stereocenters. The minimum absolute atomic E-state index is 0.172. The number of benzene rings is 2. The Morgan fingerprint density at radius 3 is 2.64 bits per heavy atom. The van der Waals surface area contributed by atoms with Crippen molar-refractivity contribution in [1.29, 1.82) is 0 Å². The summed E-state index contributed by atoms with van der Waals surface area (Å²) < 4.78 is 17.0. The zero-order valence-electron chi connectivity index (χ0n) is 18.0. The molecule has 9 heteroatoms. The molecule has 2 heterocycles. The van der Waals surface area contributed by atoms with Crippen molar-refractivity contribution in [2.75, 3.05) is 11.9 Å². The maximum atomic E-state index is 12.5. The van der Waals surface area contributed by atoms with Gasteiger partial charge in [-0.2, -0.15) is 0 Å². The molecule has 4 aromatic rings. The second kappa shape index (κ2) is 9.39. The third-order valence-corrected chi connectivity index (χ3v) is 4.65. The number of amides is 1. The lowest BCUT2D eigenvalue weighted by Gasteiger charge is -2.09. The van der Waals surface area contributed by atoms with E-state index in [-0.39, 0.29) is 24.7 Å². The second-order valence-corrected chi connectivity index (χ2v) is 7.39. The fourth-order valence-corrected chi connectivity index (χ4v) is 3.07. The summed E-state index contributed by atoms with van der Waals surface area (Å²) in [5.41, 5.74) is 1.99. The van der Waals surface area contributed by atoms with Crippen molar-refractivity contribution in [3.8, 4) is 5.75 Å². The number of fused-ring (bicyclic) bond motifs is 1. The number of esters is 1. The zero-order valence-corrected chi connectivity index (χ0v) is 18.0. The highest BCUT2D eigenvalue weighted by molar-refractivity contribution is 5.95. The van der Waals surface area contributed by atoms with Gasteiger partial charge in [0.2, 0.25) is 0 Å². The topological polar surface area (TPSA) is 112 Å². The van der Waals surface area contributed by atoms with Gasteiger partial charge in [-0.15, -0.1) is 4.57 Å². The Kier molecular flexibility index (Phi) is 6.21. The van der Waals surface area contributed by atoms with Crippen LogP contribution in [0.4, 0.5) is 5.69 Å². The third kappa shape index (κ3) is 5.45. The molecule has 0 fully saturated rings. The molecule has 0 aliphatic rings. The molecule has 0 spiro atoms. The molecule has 2 aromatic carbocycles. The molecule has 0 saturated heterocycles. The first-order chi connectivity index (χ1) is 15.9. The molecule has 1 N–H and O–H groups in total. The maximum absolute atomic E-state index is 12.5. The van der Waals surface area contributed by atoms with Crippen LogP contribution in [0.3, 0.4) is 0 Å². The maximum Gasteiger partial charge on any atom is 0.338 e. The summed E-state index contributed by atoms with van der Waals surface area (Å²) in [4.78, 5) is 41.0. The summed E-state index contributed by atoms with van der Waals surface area (Å²) in [6.07, 6.45) is 0. The molecule has 0 aliphatic heterocycles. The van der Waals surface area contributed by atoms with Crippen LogP contribution in [0, 0.1) is 13.8 Å². The summed E-state index contributed by atoms with van der Waals surface area (Å²) in [6.45, 7) is 3.31. The average Bonchev–Trinajstić information content (AvgIpc) is 3.18. The molecule has 2 aromatic heterocycles. The van der Waals surface area contributed by atoms with Crippen molar-refractivity contribution in [2.45, 2.75) is 20.5 Å². The SMILES string of the molecule is Cc1ccc(OCC(=O)Nc2cccc(C(=O)OCc3cc(=O)n4oc(C)cc4n3)c2)cc1. The number of anilines is 1. The molecule has 0 aliphatic carbocycles. The van der Waals surface area contributed by atoms with Crippen LogP contribution in [0.1, 0.15) is 27.4 Å². The van der Waals surface area contributed by atoms with Gasteiger partial charge in [-0.1, -0.05) is 23.8 Å². The molecular formula is C24H21N3O6. The summed E-state index contributed by atoms with van der Waals surface area (Å²) >= 11 is 0. The van der Waals surface area contributed by atoms with E-state index in [0.717, 1.165) is 10.1 Å². The van der Waals surface area contributed by atoms with E-state index in [1.54, 1.807) is 43.3 Å². The lowest BCUT2D eigenvalue weighted by Crippen LogP contribution is -2.20. The molecule has 168 valence electrons. The van der Waals surface area contributed by atoms with Gasteiger partial charge in [0, 0.05) is 17.8 Å². The summed E-state index contributed by atoms with van der Waals surface area (Å²) in [7, 11) is 0. The Morgan fingerprint density at radius 2 is 1.85 bits per heavy atom. The first kappa shape index (κ1) is 21.8. The smallest absolute Gasteiger partial charge is 0.338 e. The monoisotopic (exact) mass is 447 g/mol. The van der Waals surface area contributed by atoms with Crippen LogP contribution in [0.25, 0.3) is 5.65 Å². The normalized spacial score (nSPS) is 10.7. The van der Waals surface area contributed by atoms with Crippen LogP contribution in [0.15, 0.2) is 70.0 Å². The predicted molar refractivity (Wildman–Crippen MR) is 119 cm³/mol. The molecule has 9 nitrogen and oxygen atoms in total. The molecule has 33 heavy (non-hydrogen) atoms. The Balaban J connectivity index is 1.34. The zero-order chi connectivity index (χ0) is 23.4. The van der Waals surface area contributed by atoms with Crippen LogP contribution in [-0.4, -0.2) is 28.0 Å². The number of aryl methyl sites for hydroxylation is 2. The van der Waals surface area contributed by atoms with Crippen LogP contribution >= 0.6 is 0 Å². The Hall–Kier alpha value is -4.40. The van der Waals surface area contributed by atoms with Crippen LogP contribution < -0.4 is 15.6 Å². The van der Waals surface area contributed by atoms with E-state index >= 15 is 0 Å². The second-order valence-electron chi connectivity index (χ2n) is 7.39. The van der Waals surface area contributed by atoms with Crippen molar-refractivity contribution >= 4 is 23.2 Å². The van der Waals surface area contributed by atoms with E-state index in [0.29, 0.717) is 28.5 Å². The van der Waals surface area contributed by atoms with E-state index in [9.17, 15) is 14.4 Å². The molecular weight excluding hydrogens is 426 g/mol. The van der Waals surface area contributed by atoms with Crippen LogP contribution in [-0.2, 0) is 16.1 Å². The quantitative estimate of drug-likeness (QED) is 0.433. The standard InChI is InChI=1S/C24H21N3O6/c1-15-6-8-20(9-7-15)31-14-22(28)26-18-5-3-4-17(11-18)24(30)32-13-19-12-23(29)27-21(25-19)10-16(2)33-27/h3-12H,13-14H2,1-2H3,(H,26,28). The molecule has 0 bridgehead atoms. The van der Waals surface area contributed by atoms with Gasteiger partial charge in [0.15, 0.2) is 12.3 Å². The Bertz CT molecular complexity index is 1370. The largest absolute Gasteiger partial charge is 0.484 e. The van der Waals surface area contributed by atoms with Crippen molar-refractivity contribution in [3.63, 3.8) is 0 Å². The summed E-state index contributed by atoms with van der Waals surface area (Å²) in [5.74, 6) is 0.142. The lowest BCUT2D eigenvalue weighted by atomic mass is 10.2. The van der Waals surface area contributed by atoms with Gasteiger partial charge in [-0.05, 0) is 44.2 Å². The van der Waals surface area contributed by atoms with E-state index in [2.05, 4.69) is 10.3 Å². The predicted octanol–water partition coefficient (Wildman–Crippen LogP) is 3.28. The van der Waals surface area contributed by atoms with Gasteiger partial charge in [0.25, 0.3) is 11.5 Å². The average molecular weight is 447 g/mol. The third-order valence-electron chi connectivity index (χ3n) is 4.65. The number of aromatic nitrogens is 2. The Morgan fingerprint density at radius 1 is 1.06 bits per heavy atom. The van der Waals surface area contributed by atoms with Gasteiger partial charge in [-0.3, -0.25) is 9.59 Å². The van der Waals surface area contributed by atoms with Crippen molar-refractivity contribution in [1.82, 2.24) is 9.56 Å². The van der Waals surface area contributed by atoms with E-state index in [4.69, 9.17) is 14.0 Å². The molecule has 0 unspecified atom stereocenters. The van der Waals surface area contributed by atoms with Gasteiger partial charge >= 0.3 is 5.97 Å². The van der Waals surface area contributed by atoms with Crippen molar-refractivity contribution in [3.05, 3.63) is 93.6 Å². The number of carbonyl (C=O) groups excluding carboxylic acids is 2. The highest BCUT2D eigenvalue weighted by Gasteiger charge is 2.12. The molecule has 0 radical (unpaired) electrons. The number of hydrogen-bond acceptors (Lipinski definition) is 7. The van der Waals surface area contributed by atoms with Gasteiger partial charge in [-0.25, -0.2) is 9.78 Å². The van der Waals surface area contributed by atoms with Crippen molar-refractivity contribution in [2.24, 2.45) is 0 Å². The number of rotatable bonds is 7. The van der Waals surface area contributed by atoms with Crippen LogP contribution in [0.2, 0.25) is 0 Å². The van der Waals surface area contributed by atoms with E-state index in [1.165, 1.54) is 12.1 Å². The number of nitrogens with one attached hydrogen (secondary N) is 1. The van der Waals surface area contributed by atoms with E-state index in [1.807, 2.05) is 19.1 Å². The first-order valence-corrected chi connectivity index (χ1v) is 10.1. The van der Waals surface area contributed by atoms with Crippen LogP contribution in [0.5, 0.6) is 5.75 Å². The fourth-order valence-electron chi connectivity index (χ4n) is 3.07. The van der Waals surface area contributed by atoms with Crippen molar-refractivity contribution < 1.29 is 23.6 Å². The minimum atomic E-state index is -0.618. The highest BCUT2D eigenvalue weighted by Crippen LogP contribution is 2.14. The molecule has 1 amide bonds. The number of carbonyl (C=O) groups is 2. The number of ether oxygens (including phenoxy) is 2. The van der Waals surface area contributed by atoms with Gasteiger partial charge in [0.1, 0.15) is 18.1 Å². The summed E-state index contributed by atoms with van der Waals surface area (Å²) in [5, 5.41) is 2.68. The Labute approximate surface area is 188 Å². The summed E-state index contributed by atoms with van der Waals surface area (Å²) in [6, 6.07) is 16.5. The minimum Gasteiger partial charge on any atom is -0.484 e. The van der Waals surface area contributed by atoms with E-state index < -0.39 is 11.5 Å². The molecule has 4 rings (SSSR count). The van der Waals surface area contributed by atoms with Gasteiger partial charge < -0.3 is 19.3 Å². The number of nitrogens with zero attached hydrogens (tertiary/aromatic N) is 2. The first-order valence-electron chi connectivity index (χ1n) is 10.1. The van der Waals surface area contributed by atoms with Gasteiger partial charge in [0.05, 0.1) is 11.3 Å². The number of hydrogen-bond donors (Lipinski definition) is 1. The lowest BCUT2D eigenvalue weighted by molar-refractivity contribution is -0.118. The molecule has 0 saturated carbocycles.